The van der Waals surface area contributed by atoms with Gasteiger partial charge >= 0.3 is 0 Å². The molecule has 2 aromatic carbocycles. The van der Waals surface area contributed by atoms with E-state index in [4.69, 9.17) is 0 Å². The molecule has 3 rings (SSSR count). The van der Waals surface area contributed by atoms with E-state index in [0.717, 1.165) is 30.8 Å². The maximum Gasteiger partial charge on any atom is 0.0303 e. The largest absolute Gasteiger partial charge is 0.312 e. The third kappa shape index (κ3) is 4.95. The summed E-state index contributed by atoms with van der Waals surface area (Å²) in [6.45, 7) is 1.80. The molecule has 3 heteroatoms. The molecule has 2 nitrogen and oxygen atoms in total. The summed E-state index contributed by atoms with van der Waals surface area (Å²) in [7, 11) is 0. The molecule has 0 atom stereocenters. The van der Waals surface area contributed by atoms with E-state index >= 15 is 0 Å². The van der Waals surface area contributed by atoms with E-state index in [9.17, 15) is 0 Å². The lowest BCUT2D eigenvalue weighted by Crippen LogP contribution is -2.17. The molecule has 0 fully saturated rings. The van der Waals surface area contributed by atoms with E-state index in [1.165, 1.54) is 22.3 Å². The summed E-state index contributed by atoms with van der Waals surface area (Å²) in [6, 6.07) is 21.1. The molecule has 1 N–H and O–H groups in total. The summed E-state index contributed by atoms with van der Waals surface area (Å²) in [5.74, 6) is 0. The Hall–Kier alpha value is -2.10. The molecule has 0 amide bonds. The lowest BCUT2D eigenvalue weighted by molar-refractivity contribution is 0.680. The first-order valence-electron chi connectivity index (χ1n) is 8.25. The van der Waals surface area contributed by atoms with Gasteiger partial charge < -0.3 is 5.32 Å². The van der Waals surface area contributed by atoms with Crippen LogP contribution in [0.5, 0.6) is 0 Å². The van der Waals surface area contributed by atoms with Crippen LogP contribution in [0.4, 0.5) is 0 Å². The Morgan fingerprint density at radius 2 is 1.71 bits per heavy atom. The summed E-state index contributed by atoms with van der Waals surface area (Å²) in [5, 5.41) is 3.52. The van der Waals surface area contributed by atoms with Gasteiger partial charge in [0.05, 0.1) is 0 Å². The van der Waals surface area contributed by atoms with Gasteiger partial charge in [-0.05, 0) is 53.8 Å². The zero-order valence-corrected chi connectivity index (χ0v) is 14.5. The van der Waals surface area contributed by atoms with Crippen molar-refractivity contribution in [3.8, 4) is 0 Å². The lowest BCUT2D eigenvalue weighted by Gasteiger charge is -2.10. The molecule has 0 saturated heterocycles. The van der Waals surface area contributed by atoms with E-state index in [1.54, 1.807) is 0 Å². The minimum absolute atomic E-state index is 0.840. The van der Waals surface area contributed by atoms with E-state index in [2.05, 4.69) is 77.5 Å². The van der Waals surface area contributed by atoms with E-state index in [-0.39, 0.29) is 0 Å². The van der Waals surface area contributed by atoms with Crippen LogP contribution in [0.25, 0.3) is 0 Å². The van der Waals surface area contributed by atoms with Crippen LogP contribution < -0.4 is 5.32 Å². The van der Waals surface area contributed by atoms with E-state index in [0.29, 0.717) is 0 Å². The Labute approximate surface area is 149 Å². The normalized spacial score (nSPS) is 10.7. The zero-order valence-electron chi connectivity index (χ0n) is 13.7. The number of aromatic nitrogens is 1. The third-order valence-corrected chi connectivity index (χ3v) is 4.46. The molecule has 0 spiro atoms. The number of pyridine rings is 1. The van der Waals surface area contributed by atoms with Crippen molar-refractivity contribution in [3.63, 3.8) is 0 Å². The predicted octanol–water partition coefficient (Wildman–Crippen LogP) is 4.29. The molecule has 0 aliphatic heterocycles. The summed E-state index contributed by atoms with van der Waals surface area (Å²) in [4.78, 5) is 5.22. The highest BCUT2D eigenvalue weighted by Crippen LogP contribution is 2.18. The minimum Gasteiger partial charge on any atom is -0.312 e. The van der Waals surface area contributed by atoms with Crippen molar-refractivity contribution in [1.29, 1.82) is 0 Å². The van der Waals surface area contributed by atoms with Crippen LogP contribution in [0.15, 0.2) is 78.0 Å². The molecule has 0 bridgehead atoms. The molecule has 0 radical (unpaired) electrons. The maximum absolute atomic E-state index is 4.59. The molecule has 0 aliphatic rings. The third-order valence-electron chi connectivity index (χ3n) is 4.02. The Morgan fingerprint density at radius 1 is 0.875 bits per heavy atom. The van der Waals surface area contributed by atoms with Gasteiger partial charge in [0.25, 0.3) is 0 Å². The zero-order chi connectivity index (χ0) is 16.6. The highest BCUT2D eigenvalue weighted by atomic mass is 32.1. The van der Waals surface area contributed by atoms with Crippen LogP contribution in [0.2, 0.25) is 0 Å². The van der Waals surface area contributed by atoms with Gasteiger partial charge in [-0.25, -0.2) is 0 Å². The second-order valence-electron chi connectivity index (χ2n) is 5.91. The average Bonchev–Trinajstić information content (AvgIpc) is 2.63. The number of hydrogen-bond donors (Lipinski definition) is 2. The number of hydrogen-bond acceptors (Lipinski definition) is 3. The van der Waals surface area contributed by atoms with Crippen molar-refractivity contribution in [2.75, 3.05) is 6.54 Å². The fourth-order valence-electron chi connectivity index (χ4n) is 2.73. The van der Waals surface area contributed by atoms with Gasteiger partial charge in [-0.1, -0.05) is 48.5 Å². The number of nitrogens with one attached hydrogen (secondary N) is 1. The van der Waals surface area contributed by atoms with Gasteiger partial charge in [0.15, 0.2) is 0 Å². The summed E-state index contributed by atoms with van der Waals surface area (Å²) in [6.07, 6.45) is 5.67. The first kappa shape index (κ1) is 16.7. The second-order valence-corrected chi connectivity index (χ2v) is 6.40. The fourth-order valence-corrected chi connectivity index (χ4v) is 2.95. The lowest BCUT2D eigenvalue weighted by atomic mass is 10.0. The Kier molecular flexibility index (Phi) is 6.05. The highest BCUT2D eigenvalue weighted by molar-refractivity contribution is 7.80. The molecule has 0 unspecified atom stereocenters. The first-order valence-corrected chi connectivity index (χ1v) is 8.70. The smallest absolute Gasteiger partial charge is 0.0303 e. The summed E-state index contributed by atoms with van der Waals surface area (Å²) >= 11 is 4.59. The molecule has 1 aromatic heterocycles. The molecule has 0 aliphatic carbocycles. The number of benzene rings is 2. The monoisotopic (exact) mass is 334 g/mol. The fraction of sp³-hybridized carbons (Fsp3) is 0.190. The van der Waals surface area contributed by atoms with E-state index < -0.39 is 0 Å². The number of rotatable bonds is 7. The molecule has 122 valence electrons. The van der Waals surface area contributed by atoms with Crippen molar-refractivity contribution in [2.24, 2.45) is 0 Å². The van der Waals surface area contributed by atoms with Gasteiger partial charge in [0.2, 0.25) is 0 Å². The standard InChI is InChI=1S/C21H22N2S/c24-21-9-8-18(13-19-7-4-11-22-15-19)14-20(21)16-23-12-10-17-5-2-1-3-6-17/h1-9,11,14-15,23-24H,10,12-13,16H2. The topological polar surface area (TPSA) is 24.9 Å². The number of thiol groups is 1. The molecular formula is C21H22N2S. The van der Waals surface area contributed by atoms with Crippen LogP contribution in [0, 0.1) is 0 Å². The first-order chi connectivity index (χ1) is 11.8. The maximum atomic E-state index is 4.59. The van der Waals surface area contributed by atoms with Crippen LogP contribution in [0.1, 0.15) is 22.3 Å². The van der Waals surface area contributed by atoms with Crippen LogP contribution >= 0.6 is 12.6 Å². The van der Waals surface area contributed by atoms with Gasteiger partial charge in [-0.2, -0.15) is 0 Å². The molecule has 3 aromatic rings. The minimum atomic E-state index is 0.840. The quantitative estimate of drug-likeness (QED) is 0.498. The summed E-state index contributed by atoms with van der Waals surface area (Å²) in [5.41, 5.74) is 5.13. The van der Waals surface area contributed by atoms with Gasteiger partial charge in [0, 0.05) is 23.8 Å². The Bertz CT molecular complexity index is 757. The average molecular weight is 334 g/mol. The Morgan fingerprint density at radius 3 is 2.50 bits per heavy atom. The van der Waals surface area contributed by atoms with Crippen LogP contribution in [-0.2, 0) is 19.4 Å². The van der Waals surface area contributed by atoms with Crippen molar-refractivity contribution in [3.05, 3.63) is 95.3 Å². The van der Waals surface area contributed by atoms with Crippen molar-refractivity contribution in [2.45, 2.75) is 24.3 Å². The van der Waals surface area contributed by atoms with Crippen molar-refractivity contribution < 1.29 is 0 Å². The van der Waals surface area contributed by atoms with Gasteiger partial charge in [-0.15, -0.1) is 12.6 Å². The van der Waals surface area contributed by atoms with E-state index in [1.807, 2.05) is 18.5 Å². The SMILES string of the molecule is Sc1ccc(Cc2cccnc2)cc1CNCCc1ccccc1. The van der Waals surface area contributed by atoms with Crippen LogP contribution in [0.3, 0.4) is 0 Å². The molecular weight excluding hydrogens is 312 g/mol. The van der Waals surface area contributed by atoms with Crippen molar-refractivity contribution in [1.82, 2.24) is 10.3 Å². The predicted molar refractivity (Wildman–Crippen MR) is 103 cm³/mol. The van der Waals surface area contributed by atoms with Gasteiger partial charge in [-0.3, -0.25) is 4.98 Å². The molecule has 1 heterocycles. The van der Waals surface area contributed by atoms with Crippen LogP contribution in [-0.4, -0.2) is 11.5 Å². The Balaban J connectivity index is 1.56. The molecule has 0 saturated carbocycles. The highest BCUT2D eigenvalue weighted by Gasteiger charge is 2.03. The van der Waals surface area contributed by atoms with Gasteiger partial charge in [0.1, 0.15) is 0 Å². The second kappa shape index (κ2) is 8.67. The summed E-state index contributed by atoms with van der Waals surface area (Å²) < 4.78 is 0. The van der Waals surface area contributed by atoms with Crippen molar-refractivity contribution >= 4 is 12.6 Å². The number of nitrogens with zero attached hydrogens (tertiary/aromatic N) is 1. The molecule has 24 heavy (non-hydrogen) atoms.